The standard InChI is InChI=1S/C43H68O18/c1-18(2)21-10-15-43(23(21)8-9-26-41(6,13-12-27(45)46)22(19(3)4)11-14-42(26,43)7)40(55)61-39-34(53)31(50)29(48)25(59-39)17-56-37-35(54)32(51)36(24(16-44)58-37)60-38-33(52)30(49)28(47)20(5)57-38/h20-26,28-39,44,47-54H,1,3,8-17H2,2,4-7H3,(H,45,46)/t20-,21+,22-,23-,24+,25+,26-,28-,29+,30+,31-,32+,33+,34+,35+,36+,37+,38-,39-,41-,42+,43-/m0/s1. The second kappa shape index (κ2) is 18.4. The molecule has 10 N–H and O–H groups in total. The van der Waals surface area contributed by atoms with Gasteiger partial charge in [-0.05, 0) is 100 Å². The van der Waals surface area contributed by atoms with Gasteiger partial charge in [-0.1, -0.05) is 38.2 Å². The first kappa shape index (κ1) is 48.3. The number of hydrogen-bond acceptors (Lipinski definition) is 17. The van der Waals surface area contributed by atoms with E-state index in [-0.39, 0.29) is 30.1 Å². The Hall–Kier alpha value is -2.14. The van der Waals surface area contributed by atoms with Crippen molar-refractivity contribution in [1.82, 2.24) is 0 Å². The Morgan fingerprint density at radius 2 is 1.34 bits per heavy atom. The first-order chi connectivity index (χ1) is 28.5. The molecule has 0 aromatic heterocycles. The average Bonchev–Trinajstić information content (AvgIpc) is 3.62. The second-order valence-corrected chi connectivity index (χ2v) is 19.2. The van der Waals surface area contributed by atoms with E-state index in [1.54, 1.807) is 0 Å². The van der Waals surface area contributed by atoms with Crippen molar-refractivity contribution in [1.29, 1.82) is 0 Å². The number of allylic oxidation sites excluding steroid dienone is 2. The number of aliphatic hydroxyl groups excluding tert-OH is 9. The Morgan fingerprint density at radius 3 is 1.97 bits per heavy atom. The molecule has 22 atom stereocenters. The van der Waals surface area contributed by atoms with Crippen LogP contribution in [0.1, 0.15) is 86.0 Å². The number of fused-ring (bicyclic) bond motifs is 3. The Bertz CT molecular complexity index is 1610. The zero-order valence-electron chi connectivity index (χ0n) is 35.7. The second-order valence-electron chi connectivity index (χ2n) is 19.2. The predicted molar refractivity (Wildman–Crippen MR) is 211 cm³/mol. The summed E-state index contributed by atoms with van der Waals surface area (Å²) in [5, 5.41) is 106. The topological polar surface area (TPSA) is 292 Å². The fraction of sp³-hybridized carbons (Fsp3) is 0.860. The lowest BCUT2D eigenvalue weighted by Crippen LogP contribution is -2.65. The highest BCUT2D eigenvalue weighted by molar-refractivity contribution is 5.80. The van der Waals surface area contributed by atoms with Gasteiger partial charge in [0.05, 0.1) is 24.7 Å². The predicted octanol–water partition coefficient (Wildman–Crippen LogP) is -0.132. The lowest BCUT2D eigenvalue weighted by Gasteiger charge is -2.66. The summed E-state index contributed by atoms with van der Waals surface area (Å²) < 4.78 is 34.6. The third kappa shape index (κ3) is 8.37. The number of carbonyl (C=O) groups excluding carboxylic acids is 1. The molecule has 0 aromatic carbocycles. The number of carboxylic acids is 1. The molecule has 3 saturated carbocycles. The fourth-order valence-electron chi connectivity index (χ4n) is 12.5. The number of esters is 1. The maximum atomic E-state index is 15.1. The summed E-state index contributed by atoms with van der Waals surface area (Å²) in [7, 11) is 0. The quantitative estimate of drug-likeness (QED) is 0.0852. The van der Waals surface area contributed by atoms with Crippen molar-refractivity contribution in [2.45, 2.75) is 178 Å². The van der Waals surface area contributed by atoms with Crippen molar-refractivity contribution in [2.24, 2.45) is 39.9 Å². The van der Waals surface area contributed by atoms with E-state index < -0.39 is 134 Å². The molecule has 18 heteroatoms. The number of hydrogen-bond donors (Lipinski definition) is 10. The SMILES string of the molecule is C=C(C)[C@H]1CC[C@@]2(C(=O)O[C@@H]3O[C@H](CO[C@@H]4O[C@H](CO)[C@@H](O[C@@H]5O[C@@H](C)[C@H](O)[C@@H](O)[C@H]5O)[C@H](O)[C@H]4O)[C@@H](O)[C@H](O)[C@H]3O)[C@H]1CC[C@H]1[C@@](C)(CCC(=O)O)[C@H](C(=C)C)CC[C@]12C. The van der Waals surface area contributed by atoms with Crippen molar-refractivity contribution < 1.29 is 89.1 Å². The molecule has 0 spiro atoms. The van der Waals surface area contributed by atoms with E-state index >= 15 is 4.79 Å². The summed E-state index contributed by atoms with van der Waals surface area (Å²) in [5.41, 5.74) is -0.398. The zero-order chi connectivity index (χ0) is 45.1. The largest absolute Gasteiger partial charge is 0.481 e. The van der Waals surface area contributed by atoms with E-state index in [9.17, 15) is 55.9 Å². The molecule has 18 nitrogen and oxygen atoms in total. The van der Waals surface area contributed by atoms with E-state index in [1.807, 2.05) is 13.8 Å². The normalized spacial score (nSPS) is 50.0. The molecule has 0 bridgehead atoms. The molecule has 6 aliphatic rings. The maximum Gasteiger partial charge on any atom is 0.315 e. The first-order valence-corrected chi connectivity index (χ1v) is 21.6. The minimum atomic E-state index is -1.89. The number of aliphatic carboxylic acids is 1. The molecule has 348 valence electrons. The van der Waals surface area contributed by atoms with Crippen LogP contribution < -0.4 is 0 Å². The molecule has 6 fully saturated rings. The van der Waals surface area contributed by atoms with Crippen molar-refractivity contribution in [3.8, 4) is 0 Å². The van der Waals surface area contributed by atoms with Gasteiger partial charge >= 0.3 is 11.9 Å². The van der Waals surface area contributed by atoms with Gasteiger partial charge in [-0.2, -0.15) is 0 Å². The van der Waals surface area contributed by atoms with Gasteiger partial charge in [-0.3, -0.25) is 9.59 Å². The molecule has 0 unspecified atom stereocenters. The minimum absolute atomic E-state index is 0.00597. The Kier molecular flexibility index (Phi) is 14.6. The monoisotopic (exact) mass is 872 g/mol. The lowest BCUT2D eigenvalue weighted by atomic mass is 9.38. The van der Waals surface area contributed by atoms with Crippen LogP contribution in [0, 0.1) is 39.9 Å². The third-order valence-electron chi connectivity index (χ3n) is 15.8. The van der Waals surface area contributed by atoms with E-state index in [2.05, 4.69) is 27.0 Å². The van der Waals surface area contributed by atoms with Crippen LogP contribution in [-0.4, -0.2) is 168 Å². The van der Waals surface area contributed by atoms with Crippen LogP contribution in [0.3, 0.4) is 0 Å². The fourth-order valence-corrected chi connectivity index (χ4v) is 12.5. The highest BCUT2D eigenvalue weighted by Crippen LogP contribution is 2.74. The molecule has 0 radical (unpaired) electrons. The number of rotatable bonds is 13. The van der Waals surface area contributed by atoms with Gasteiger partial charge in [0.1, 0.15) is 67.1 Å². The van der Waals surface area contributed by atoms with Crippen LogP contribution in [0.25, 0.3) is 0 Å². The van der Waals surface area contributed by atoms with Gasteiger partial charge in [0.15, 0.2) is 12.6 Å². The molecule has 0 amide bonds. The number of ether oxygens (including phenoxy) is 6. The molecule has 3 aliphatic heterocycles. The maximum absolute atomic E-state index is 15.1. The summed E-state index contributed by atoms with van der Waals surface area (Å²) in [5.74, 6) is -1.80. The Balaban J connectivity index is 1.20. The third-order valence-corrected chi connectivity index (χ3v) is 15.8. The van der Waals surface area contributed by atoms with Crippen LogP contribution in [0.5, 0.6) is 0 Å². The average molecular weight is 873 g/mol. The number of carboxylic acid groups (broad SMARTS) is 1. The lowest BCUT2D eigenvalue weighted by molar-refractivity contribution is -0.361. The molecular weight excluding hydrogens is 804 g/mol. The van der Waals surface area contributed by atoms with Crippen molar-refractivity contribution in [3.05, 3.63) is 24.3 Å². The summed E-state index contributed by atoms with van der Waals surface area (Å²) in [4.78, 5) is 27.1. The minimum Gasteiger partial charge on any atom is -0.481 e. The highest BCUT2D eigenvalue weighted by atomic mass is 16.8. The Labute approximate surface area is 356 Å². The van der Waals surface area contributed by atoms with E-state index in [1.165, 1.54) is 6.92 Å². The molecule has 0 aromatic rings. The van der Waals surface area contributed by atoms with Crippen LogP contribution >= 0.6 is 0 Å². The van der Waals surface area contributed by atoms with Gasteiger partial charge in [0, 0.05) is 6.42 Å². The molecule has 6 rings (SSSR count). The molecule has 3 heterocycles. The van der Waals surface area contributed by atoms with Crippen LogP contribution in [-0.2, 0) is 38.0 Å². The van der Waals surface area contributed by atoms with Crippen LogP contribution in [0.2, 0.25) is 0 Å². The van der Waals surface area contributed by atoms with Gasteiger partial charge in [-0.15, -0.1) is 0 Å². The molecule has 3 saturated heterocycles. The van der Waals surface area contributed by atoms with E-state index in [4.69, 9.17) is 28.4 Å². The number of aliphatic hydroxyl groups is 9. The van der Waals surface area contributed by atoms with Gasteiger partial charge in [0.2, 0.25) is 6.29 Å². The summed E-state index contributed by atoms with van der Waals surface area (Å²) in [6.07, 6.45) is -20.4. The molecular formula is C43H68O18. The van der Waals surface area contributed by atoms with Crippen molar-refractivity contribution in [2.75, 3.05) is 13.2 Å². The van der Waals surface area contributed by atoms with Crippen LogP contribution in [0.15, 0.2) is 24.3 Å². The number of carbonyl (C=O) groups is 2. The van der Waals surface area contributed by atoms with E-state index in [0.29, 0.717) is 38.5 Å². The zero-order valence-corrected chi connectivity index (χ0v) is 35.7. The van der Waals surface area contributed by atoms with Gasteiger partial charge in [0.25, 0.3) is 0 Å². The van der Waals surface area contributed by atoms with Gasteiger partial charge < -0.3 is 79.5 Å². The van der Waals surface area contributed by atoms with Crippen molar-refractivity contribution in [3.63, 3.8) is 0 Å². The summed E-state index contributed by atoms with van der Waals surface area (Å²) in [6, 6.07) is 0. The van der Waals surface area contributed by atoms with Gasteiger partial charge in [-0.25, -0.2) is 0 Å². The first-order valence-electron chi connectivity index (χ1n) is 21.6. The Morgan fingerprint density at radius 1 is 0.721 bits per heavy atom. The molecule has 61 heavy (non-hydrogen) atoms. The molecule has 3 aliphatic carbocycles. The highest BCUT2D eigenvalue weighted by Gasteiger charge is 2.72. The van der Waals surface area contributed by atoms with Crippen molar-refractivity contribution >= 4 is 11.9 Å². The van der Waals surface area contributed by atoms with Crippen LogP contribution in [0.4, 0.5) is 0 Å². The van der Waals surface area contributed by atoms with E-state index in [0.717, 1.165) is 17.6 Å². The smallest absolute Gasteiger partial charge is 0.315 e. The summed E-state index contributed by atoms with van der Waals surface area (Å²) in [6.45, 7) is 16.7. The summed E-state index contributed by atoms with van der Waals surface area (Å²) >= 11 is 0.